The minimum Gasteiger partial charge on any atom is -0.497 e. The second-order valence-corrected chi connectivity index (χ2v) is 5.73. The molecule has 0 fully saturated rings. The Morgan fingerprint density at radius 2 is 2.05 bits per heavy atom. The van der Waals surface area contributed by atoms with Crippen molar-refractivity contribution in [1.29, 1.82) is 0 Å². The Bertz CT molecular complexity index is 592. The summed E-state index contributed by atoms with van der Waals surface area (Å²) in [6, 6.07) is 3.85. The van der Waals surface area contributed by atoms with E-state index in [1.54, 1.807) is 7.11 Å². The summed E-state index contributed by atoms with van der Waals surface area (Å²) < 4.78 is 19.1. The van der Waals surface area contributed by atoms with E-state index in [0.717, 1.165) is 36.9 Å². The maximum Gasteiger partial charge on any atom is 0.150 e. The van der Waals surface area contributed by atoms with Crippen LogP contribution < -0.4 is 4.74 Å². The third-order valence-electron chi connectivity index (χ3n) is 3.95. The first-order chi connectivity index (χ1) is 10.1. The van der Waals surface area contributed by atoms with E-state index in [-0.39, 0.29) is 5.82 Å². The maximum atomic E-state index is 14.0. The number of hydrogen-bond donors (Lipinski definition) is 1. The van der Waals surface area contributed by atoms with Crippen molar-refractivity contribution >= 4 is 10.9 Å². The van der Waals surface area contributed by atoms with Gasteiger partial charge in [-0.25, -0.2) is 4.39 Å². The molecule has 2 rings (SSSR count). The van der Waals surface area contributed by atoms with Gasteiger partial charge in [0.25, 0.3) is 0 Å². The number of aromatic amines is 1. The molecule has 1 aromatic carbocycles. The number of nitrogens with one attached hydrogen (secondary N) is 1. The molecule has 2 aromatic rings. The van der Waals surface area contributed by atoms with E-state index in [9.17, 15) is 4.39 Å². The summed E-state index contributed by atoms with van der Waals surface area (Å²) in [5.41, 5.74) is 1.71. The van der Waals surface area contributed by atoms with Crippen molar-refractivity contribution in [3.05, 3.63) is 29.7 Å². The van der Waals surface area contributed by atoms with Crippen LogP contribution in [-0.4, -0.2) is 36.1 Å². The van der Waals surface area contributed by atoms with Gasteiger partial charge in [-0.15, -0.1) is 0 Å². The molecule has 0 spiro atoms. The van der Waals surface area contributed by atoms with Crippen LogP contribution >= 0.6 is 0 Å². The number of methoxy groups -OCH3 is 1. The lowest BCUT2D eigenvalue weighted by atomic mass is 10.1. The van der Waals surface area contributed by atoms with Gasteiger partial charge in [0.2, 0.25) is 0 Å². The van der Waals surface area contributed by atoms with Gasteiger partial charge in [0.15, 0.2) is 5.82 Å². The van der Waals surface area contributed by atoms with Crippen LogP contribution in [0.2, 0.25) is 0 Å². The van der Waals surface area contributed by atoms with E-state index >= 15 is 0 Å². The number of nitrogens with zero attached hydrogens (tertiary/aromatic N) is 1. The minimum atomic E-state index is -0.259. The molecule has 0 amide bonds. The number of rotatable bonds is 7. The highest BCUT2D eigenvalue weighted by Gasteiger charge is 2.13. The van der Waals surface area contributed by atoms with Crippen LogP contribution in [0, 0.1) is 5.82 Å². The maximum absolute atomic E-state index is 14.0. The van der Waals surface area contributed by atoms with Gasteiger partial charge in [0.05, 0.1) is 12.6 Å². The molecule has 0 aliphatic rings. The molecule has 0 unspecified atom stereocenters. The predicted molar refractivity (Wildman–Crippen MR) is 85.5 cm³/mol. The zero-order valence-corrected chi connectivity index (χ0v) is 13.4. The molecule has 1 N–H and O–H groups in total. The van der Waals surface area contributed by atoms with Crippen LogP contribution in [0.1, 0.15) is 32.8 Å². The molecule has 0 bridgehead atoms. The summed E-state index contributed by atoms with van der Waals surface area (Å²) in [5.74, 6) is 0.306. The molecule has 1 heterocycles. The van der Waals surface area contributed by atoms with Crippen molar-refractivity contribution in [2.75, 3.05) is 20.2 Å². The monoisotopic (exact) mass is 292 g/mol. The van der Waals surface area contributed by atoms with Crippen molar-refractivity contribution in [2.45, 2.75) is 39.7 Å². The van der Waals surface area contributed by atoms with Crippen LogP contribution in [0.4, 0.5) is 4.39 Å². The summed E-state index contributed by atoms with van der Waals surface area (Å²) in [5, 5.41) is 0.923. The van der Waals surface area contributed by atoms with Gasteiger partial charge in [0, 0.05) is 30.2 Å². The van der Waals surface area contributed by atoms with E-state index in [1.807, 2.05) is 12.3 Å². The molecule has 0 aliphatic heterocycles. The van der Waals surface area contributed by atoms with Gasteiger partial charge in [0.1, 0.15) is 5.75 Å². The highest BCUT2D eigenvalue weighted by atomic mass is 19.1. The summed E-state index contributed by atoms with van der Waals surface area (Å²) in [7, 11) is 1.56. The Morgan fingerprint density at radius 1 is 1.29 bits per heavy atom. The second kappa shape index (κ2) is 6.94. The number of fused-ring (bicyclic) bond motifs is 1. The van der Waals surface area contributed by atoms with Crippen LogP contribution in [0.15, 0.2) is 18.3 Å². The summed E-state index contributed by atoms with van der Waals surface area (Å²) in [6.07, 6.45) is 3.97. The number of benzene rings is 1. The predicted octanol–water partition coefficient (Wildman–Crippen LogP) is 3.98. The van der Waals surface area contributed by atoms with Crippen molar-refractivity contribution in [2.24, 2.45) is 0 Å². The molecule has 0 atom stereocenters. The molecule has 0 radical (unpaired) electrons. The minimum absolute atomic E-state index is 0.259. The molecule has 3 nitrogen and oxygen atoms in total. The Labute approximate surface area is 126 Å². The quantitative estimate of drug-likeness (QED) is 0.836. The topological polar surface area (TPSA) is 28.3 Å². The zero-order chi connectivity index (χ0) is 15.4. The lowest BCUT2D eigenvalue weighted by Gasteiger charge is -2.25. The normalized spacial score (nSPS) is 11.8. The van der Waals surface area contributed by atoms with Crippen LogP contribution in [0.5, 0.6) is 5.75 Å². The van der Waals surface area contributed by atoms with Crippen molar-refractivity contribution in [3.63, 3.8) is 0 Å². The fourth-order valence-corrected chi connectivity index (χ4v) is 2.72. The first-order valence-corrected chi connectivity index (χ1v) is 7.64. The molecule has 116 valence electrons. The highest BCUT2D eigenvalue weighted by Crippen LogP contribution is 2.27. The molecule has 0 saturated carbocycles. The third kappa shape index (κ3) is 3.56. The first kappa shape index (κ1) is 15.8. The van der Waals surface area contributed by atoms with Crippen molar-refractivity contribution in [3.8, 4) is 5.75 Å². The zero-order valence-electron chi connectivity index (χ0n) is 13.4. The van der Waals surface area contributed by atoms with E-state index in [4.69, 9.17) is 4.74 Å². The molecule has 4 heteroatoms. The standard InChI is InChI=1S/C17H25FN2O/c1-5-7-20(12(2)3)8-6-13-11-19-17-15(13)9-14(21-4)10-16(17)18/h9-12,19H,5-8H2,1-4H3. The summed E-state index contributed by atoms with van der Waals surface area (Å²) in [6.45, 7) is 8.71. The Morgan fingerprint density at radius 3 is 2.67 bits per heavy atom. The lowest BCUT2D eigenvalue weighted by Crippen LogP contribution is -2.33. The van der Waals surface area contributed by atoms with Gasteiger partial charge >= 0.3 is 0 Å². The molecular formula is C17H25FN2O. The van der Waals surface area contributed by atoms with Crippen molar-refractivity contribution < 1.29 is 9.13 Å². The van der Waals surface area contributed by atoms with E-state index in [1.165, 1.54) is 6.07 Å². The van der Waals surface area contributed by atoms with Gasteiger partial charge in [-0.2, -0.15) is 0 Å². The van der Waals surface area contributed by atoms with Gasteiger partial charge in [-0.05, 0) is 44.9 Å². The Kier molecular flexibility index (Phi) is 5.23. The van der Waals surface area contributed by atoms with E-state index in [0.29, 0.717) is 17.3 Å². The fourth-order valence-electron chi connectivity index (χ4n) is 2.72. The molecule has 0 aliphatic carbocycles. The molecular weight excluding hydrogens is 267 g/mol. The van der Waals surface area contributed by atoms with Gasteiger partial charge in [-0.3, -0.25) is 0 Å². The SMILES string of the molecule is CCCN(CCc1c[nH]c2c(F)cc(OC)cc12)C(C)C. The van der Waals surface area contributed by atoms with Crippen LogP contribution in [0.25, 0.3) is 10.9 Å². The van der Waals surface area contributed by atoms with Crippen LogP contribution in [-0.2, 0) is 6.42 Å². The van der Waals surface area contributed by atoms with E-state index < -0.39 is 0 Å². The lowest BCUT2D eigenvalue weighted by molar-refractivity contribution is 0.225. The largest absolute Gasteiger partial charge is 0.497 e. The van der Waals surface area contributed by atoms with Crippen LogP contribution in [0.3, 0.4) is 0 Å². The first-order valence-electron chi connectivity index (χ1n) is 7.64. The summed E-state index contributed by atoms with van der Waals surface area (Å²) >= 11 is 0. The van der Waals surface area contributed by atoms with Gasteiger partial charge in [-0.1, -0.05) is 6.92 Å². The number of halogens is 1. The average molecular weight is 292 g/mol. The van der Waals surface area contributed by atoms with Crippen molar-refractivity contribution in [1.82, 2.24) is 9.88 Å². The second-order valence-electron chi connectivity index (χ2n) is 5.73. The fraction of sp³-hybridized carbons (Fsp3) is 0.529. The Hall–Kier alpha value is -1.55. The number of aromatic nitrogens is 1. The van der Waals surface area contributed by atoms with E-state index in [2.05, 4.69) is 30.7 Å². The smallest absolute Gasteiger partial charge is 0.150 e. The number of H-pyrrole nitrogens is 1. The molecule has 0 saturated heterocycles. The third-order valence-corrected chi connectivity index (χ3v) is 3.95. The highest BCUT2D eigenvalue weighted by molar-refractivity contribution is 5.85. The summed E-state index contributed by atoms with van der Waals surface area (Å²) in [4.78, 5) is 5.50. The number of ether oxygens (including phenoxy) is 1. The molecule has 1 aromatic heterocycles. The molecule has 21 heavy (non-hydrogen) atoms. The number of hydrogen-bond acceptors (Lipinski definition) is 2. The van der Waals surface area contributed by atoms with Gasteiger partial charge < -0.3 is 14.6 Å². The Balaban J connectivity index is 2.20. The average Bonchev–Trinajstić information content (AvgIpc) is 2.86.